The van der Waals surface area contributed by atoms with Gasteiger partial charge in [-0.1, -0.05) is 12.1 Å². The van der Waals surface area contributed by atoms with Gasteiger partial charge in [0.05, 0.1) is 7.11 Å². The first-order chi connectivity index (χ1) is 11.1. The molecule has 2 rings (SSSR count). The Hall–Kier alpha value is -2.69. The summed E-state index contributed by atoms with van der Waals surface area (Å²) in [7, 11) is 1.63. The molecule has 1 amide bonds. The monoisotopic (exact) mass is 314 g/mol. The summed E-state index contributed by atoms with van der Waals surface area (Å²) in [5, 5.41) is 4.07. The lowest BCUT2D eigenvalue weighted by molar-refractivity contribution is 0.0954. The molecule has 0 unspecified atom stereocenters. The number of nitrogens with one attached hydrogen (secondary N) is 1. The normalized spacial score (nSPS) is 11.2. The van der Waals surface area contributed by atoms with Gasteiger partial charge in [0.1, 0.15) is 11.6 Å². The van der Waals surface area contributed by atoms with Crippen molar-refractivity contribution in [2.24, 2.45) is 5.10 Å². The van der Waals surface area contributed by atoms with Crippen molar-refractivity contribution in [3.8, 4) is 5.75 Å². The third-order valence-electron chi connectivity index (χ3n) is 3.39. The SMILES string of the molecule is COc1ccc(CC/C(C)=N\NC(=O)c2ccc(F)cc2)cc1. The summed E-state index contributed by atoms with van der Waals surface area (Å²) < 4.78 is 17.9. The Bertz CT molecular complexity index is 679. The molecule has 120 valence electrons. The highest BCUT2D eigenvalue weighted by Gasteiger charge is 2.04. The maximum atomic E-state index is 12.8. The van der Waals surface area contributed by atoms with Crippen molar-refractivity contribution in [1.29, 1.82) is 0 Å². The number of aryl methyl sites for hydroxylation is 1. The average molecular weight is 314 g/mol. The topological polar surface area (TPSA) is 50.7 Å². The lowest BCUT2D eigenvalue weighted by Gasteiger charge is -2.05. The predicted molar refractivity (Wildman–Crippen MR) is 88.3 cm³/mol. The van der Waals surface area contributed by atoms with Crippen LogP contribution in [0.5, 0.6) is 5.75 Å². The van der Waals surface area contributed by atoms with Gasteiger partial charge >= 0.3 is 0 Å². The van der Waals surface area contributed by atoms with E-state index in [1.807, 2.05) is 31.2 Å². The highest BCUT2D eigenvalue weighted by Crippen LogP contribution is 2.12. The van der Waals surface area contributed by atoms with E-state index in [1.54, 1.807) is 7.11 Å². The van der Waals surface area contributed by atoms with Crippen LogP contribution in [0.15, 0.2) is 53.6 Å². The third-order valence-corrected chi connectivity index (χ3v) is 3.39. The van der Waals surface area contributed by atoms with Crippen LogP contribution >= 0.6 is 0 Å². The van der Waals surface area contributed by atoms with E-state index in [4.69, 9.17) is 4.74 Å². The first kappa shape index (κ1) is 16.7. The molecule has 0 heterocycles. The molecule has 0 aliphatic carbocycles. The van der Waals surface area contributed by atoms with Crippen molar-refractivity contribution in [2.45, 2.75) is 19.8 Å². The van der Waals surface area contributed by atoms with Crippen LogP contribution in [0.1, 0.15) is 29.3 Å². The quantitative estimate of drug-likeness (QED) is 0.654. The van der Waals surface area contributed by atoms with Crippen LogP contribution in [0.3, 0.4) is 0 Å². The molecule has 0 bridgehead atoms. The number of ether oxygens (including phenoxy) is 1. The molecule has 0 saturated heterocycles. The van der Waals surface area contributed by atoms with E-state index in [0.29, 0.717) is 5.56 Å². The predicted octanol–water partition coefficient (Wildman–Crippen LogP) is 3.57. The second-order valence-electron chi connectivity index (χ2n) is 5.14. The second-order valence-corrected chi connectivity index (χ2v) is 5.14. The minimum absolute atomic E-state index is 0.353. The molecule has 0 aliphatic heterocycles. The summed E-state index contributed by atoms with van der Waals surface area (Å²) in [6, 6.07) is 13.2. The molecule has 2 aromatic rings. The fraction of sp³-hybridized carbons (Fsp3) is 0.222. The van der Waals surface area contributed by atoms with Gasteiger partial charge in [0.2, 0.25) is 0 Å². The van der Waals surface area contributed by atoms with E-state index < -0.39 is 0 Å². The molecule has 0 fully saturated rings. The summed E-state index contributed by atoms with van der Waals surface area (Å²) in [5.41, 5.74) is 4.84. The van der Waals surface area contributed by atoms with Gasteiger partial charge in [0, 0.05) is 11.3 Å². The lowest BCUT2D eigenvalue weighted by Crippen LogP contribution is -2.19. The Kier molecular flexibility index (Phi) is 5.86. The van der Waals surface area contributed by atoms with Gasteiger partial charge in [0.25, 0.3) is 5.91 Å². The minimum atomic E-state index is -0.374. The summed E-state index contributed by atoms with van der Waals surface area (Å²) in [6.45, 7) is 1.86. The van der Waals surface area contributed by atoms with Gasteiger partial charge in [-0.3, -0.25) is 4.79 Å². The second kappa shape index (κ2) is 8.08. The highest BCUT2D eigenvalue weighted by molar-refractivity contribution is 5.95. The van der Waals surface area contributed by atoms with Crippen LogP contribution in [0, 0.1) is 5.82 Å². The van der Waals surface area contributed by atoms with Crippen LogP contribution in [0.25, 0.3) is 0 Å². The van der Waals surface area contributed by atoms with Gasteiger partial charge in [-0.05, 0) is 61.7 Å². The number of amides is 1. The Labute approximate surface area is 135 Å². The molecule has 5 heteroatoms. The van der Waals surface area contributed by atoms with Crippen LogP contribution in [0.4, 0.5) is 4.39 Å². The van der Waals surface area contributed by atoms with Gasteiger partial charge < -0.3 is 4.74 Å². The van der Waals surface area contributed by atoms with Crippen molar-refractivity contribution in [3.05, 3.63) is 65.5 Å². The molecule has 1 N–H and O–H groups in total. The van der Waals surface area contributed by atoms with E-state index in [9.17, 15) is 9.18 Å². The van der Waals surface area contributed by atoms with Crippen molar-refractivity contribution in [3.63, 3.8) is 0 Å². The Balaban J connectivity index is 1.84. The minimum Gasteiger partial charge on any atom is -0.497 e. The van der Waals surface area contributed by atoms with Crippen molar-refractivity contribution in [2.75, 3.05) is 7.11 Å². The number of methoxy groups -OCH3 is 1. The number of hydrogen-bond acceptors (Lipinski definition) is 3. The zero-order valence-corrected chi connectivity index (χ0v) is 13.2. The van der Waals surface area contributed by atoms with E-state index >= 15 is 0 Å². The molecule has 0 atom stereocenters. The Morgan fingerprint density at radius 2 is 1.78 bits per heavy atom. The van der Waals surface area contributed by atoms with Gasteiger partial charge in [0.15, 0.2) is 0 Å². The summed E-state index contributed by atoms with van der Waals surface area (Å²) >= 11 is 0. The number of rotatable bonds is 6. The zero-order valence-electron chi connectivity index (χ0n) is 13.2. The summed E-state index contributed by atoms with van der Waals surface area (Å²) in [6.07, 6.45) is 1.56. The fourth-order valence-corrected chi connectivity index (χ4v) is 1.99. The van der Waals surface area contributed by atoms with E-state index in [1.165, 1.54) is 29.8 Å². The van der Waals surface area contributed by atoms with Crippen molar-refractivity contribution in [1.82, 2.24) is 5.43 Å². The molecular formula is C18H19FN2O2. The molecule has 2 aromatic carbocycles. The van der Waals surface area contributed by atoms with Crippen LogP contribution in [-0.4, -0.2) is 18.7 Å². The number of hydrazone groups is 1. The largest absolute Gasteiger partial charge is 0.497 e. The maximum Gasteiger partial charge on any atom is 0.271 e. The highest BCUT2D eigenvalue weighted by atomic mass is 19.1. The number of nitrogens with zero attached hydrogens (tertiary/aromatic N) is 1. The molecule has 0 aromatic heterocycles. The Morgan fingerprint density at radius 1 is 1.13 bits per heavy atom. The molecular weight excluding hydrogens is 295 g/mol. The number of carbonyl (C=O) groups is 1. The van der Waals surface area contributed by atoms with Gasteiger partial charge in [-0.15, -0.1) is 0 Å². The van der Waals surface area contributed by atoms with Crippen molar-refractivity contribution < 1.29 is 13.9 Å². The number of carbonyl (C=O) groups excluding carboxylic acids is 1. The molecule has 4 nitrogen and oxygen atoms in total. The van der Waals surface area contributed by atoms with Crippen molar-refractivity contribution >= 4 is 11.6 Å². The average Bonchev–Trinajstić information content (AvgIpc) is 2.59. The molecule has 23 heavy (non-hydrogen) atoms. The van der Waals surface area contributed by atoms with Gasteiger partial charge in [-0.25, -0.2) is 9.82 Å². The molecule has 0 radical (unpaired) electrons. The number of benzene rings is 2. The maximum absolute atomic E-state index is 12.8. The smallest absolute Gasteiger partial charge is 0.271 e. The van der Waals surface area contributed by atoms with E-state index in [0.717, 1.165) is 24.3 Å². The number of halogens is 1. The summed E-state index contributed by atoms with van der Waals surface area (Å²) in [5.74, 6) is 0.0974. The molecule has 0 spiro atoms. The van der Waals surface area contributed by atoms with E-state index in [2.05, 4.69) is 10.5 Å². The first-order valence-corrected chi connectivity index (χ1v) is 7.30. The van der Waals surface area contributed by atoms with Crippen LogP contribution in [0.2, 0.25) is 0 Å². The van der Waals surface area contributed by atoms with Crippen LogP contribution < -0.4 is 10.2 Å². The third kappa shape index (κ3) is 5.21. The summed E-state index contributed by atoms with van der Waals surface area (Å²) in [4.78, 5) is 11.9. The number of hydrogen-bond donors (Lipinski definition) is 1. The fourth-order valence-electron chi connectivity index (χ4n) is 1.99. The standard InChI is InChI=1S/C18H19FN2O2/c1-13(3-4-14-5-11-17(23-2)12-6-14)20-21-18(22)15-7-9-16(19)10-8-15/h5-12H,3-4H2,1-2H3,(H,21,22)/b20-13-. The zero-order chi connectivity index (χ0) is 16.7. The molecule has 0 aliphatic rings. The Morgan fingerprint density at radius 3 is 2.39 bits per heavy atom. The van der Waals surface area contributed by atoms with Gasteiger partial charge in [-0.2, -0.15) is 5.10 Å². The van der Waals surface area contributed by atoms with Crippen LogP contribution in [-0.2, 0) is 6.42 Å². The first-order valence-electron chi connectivity index (χ1n) is 7.30. The molecule has 0 saturated carbocycles. The lowest BCUT2D eigenvalue weighted by atomic mass is 10.1. The van der Waals surface area contributed by atoms with E-state index in [-0.39, 0.29) is 11.7 Å².